The molecule has 1 heterocycles. The summed E-state index contributed by atoms with van der Waals surface area (Å²) in [6, 6.07) is 6.56. The molecule has 0 bridgehead atoms. The number of rotatable bonds is 2. The van der Waals surface area contributed by atoms with E-state index >= 15 is 0 Å². The second-order valence-corrected chi connectivity index (χ2v) is 4.48. The second kappa shape index (κ2) is 3.09. The molecule has 2 heteroatoms. The summed E-state index contributed by atoms with van der Waals surface area (Å²) < 4.78 is 2.37. The van der Waals surface area contributed by atoms with Crippen LogP contribution in [0.3, 0.4) is 0 Å². The predicted octanol–water partition coefficient (Wildman–Crippen LogP) is 3.24. The van der Waals surface area contributed by atoms with Crippen LogP contribution < -0.4 is 0 Å². The van der Waals surface area contributed by atoms with Crippen LogP contribution in [0.25, 0.3) is 11.0 Å². The highest BCUT2D eigenvalue weighted by Crippen LogP contribution is 2.40. The van der Waals surface area contributed by atoms with Gasteiger partial charge in [-0.25, -0.2) is 4.98 Å². The summed E-state index contributed by atoms with van der Waals surface area (Å²) in [7, 11) is 0. The van der Waals surface area contributed by atoms with Crippen molar-refractivity contribution in [3.63, 3.8) is 0 Å². The van der Waals surface area contributed by atoms with Crippen molar-refractivity contribution in [1.82, 2.24) is 9.55 Å². The average Bonchev–Trinajstić information content (AvgIpc) is 2.99. The lowest BCUT2D eigenvalue weighted by Crippen LogP contribution is -1.99. The summed E-state index contributed by atoms with van der Waals surface area (Å²) in [5.74, 6) is 2.04. The summed E-state index contributed by atoms with van der Waals surface area (Å²) in [6.07, 6.45) is 2.64. The first kappa shape index (κ1) is 8.96. The van der Waals surface area contributed by atoms with Crippen molar-refractivity contribution in [2.45, 2.75) is 39.2 Å². The van der Waals surface area contributed by atoms with Gasteiger partial charge in [-0.3, -0.25) is 0 Å². The van der Waals surface area contributed by atoms with Gasteiger partial charge >= 0.3 is 0 Å². The zero-order chi connectivity index (χ0) is 10.4. The van der Waals surface area contributed by atoms with Gasteiger partial charge in [0.1, 0.15) is 5.82 Å². The fourth-order valence-corrected chi connectivity index (χ4v) is 2.24. The van der Waals surface area contributed by atoms with Crippen molar-refractivity contribution >= 4 is 11.0 Å². The third-order valence-corrected chi connectivity index (χ3v) is 3.19. The maximum absolute atomic E-state index is 4.77. The third-order valence-electron chi connectivity index (χ3n) is 3.19. The molecular formula is C13H16N2. The highest BCUT2D eigenvalue weighted by atomic mass is 15.1. The van der Waals surface area contributed by atoms with Gasteiger partial charge in [0.05, 0.1) is 11.0 Å². The number of benzene rings is 1. The van der Waals surface area contributed by atoms with Crippen LogP contribution in [0.5, 0.6) is 0 Å². The maximum Gasteiger partial charge on any atom is 0.112 e. The Morgan fingerprint density at radius 1 is 1.40 bits per heavy atom. The van der Waals surface area contributed by atoms with Gasteiger partial charge in [-0.15, -0.1) is 0 Å². The molecule has 0 saturated heterocycles. The van der Waals surface area contributed by atoms with Crippen molar-refractivity contribution in [1.29, 1.82) is 0 Å². The van der Waals surface area contributed by atoms with E-state index in [1.807, 2.05) is 0 Å². The zero-order valence-corrected chi connectivity index (χ0v) is 9.33. The Balaban J connectivity index is 2.26. The molecule has 1 aliphatic rings. The molecule has 1 saturated carbocycles. The van der Waals surface area contributed by atoms with Crippen LogP contribution in [-0.4, -0.2) is 9.55 Å². The minimum atomic E-state index is 0.734. The monoisotopic (exact) mass is 200 g/mol. The van der Waals surface area contributed by atoms with E-state index in [-0.39, 0.29) is 0 Å². The van der Waals surface area contributed by atoms with Gasteiger partial charge in [0.2, 0.25) is 0 Å². The van der Waals surface area contributed by atoms with E-state index in [1.165, 1.54) is 35.3 Å². The quantitative estimate of drug-likeness (QED) is 0.727. The standard InChI is InChI=1S/C13H16N2/c1-3-15-12-7-4-9(2)8-11(12)14-13(15)10-5-6-10/h4,7-8,10H,3,5-6H2,1-2H3. The molecule has 0 atom stereocenters. The molecule has 78 valence electrons. The van der Waals surface area contributed by atoms with Gasteiger partial charge in [-0.05, 0) is 44.4 Å². The highest BCUT2D eigenvalue weighted by molar-refractivity contribution is 5.77. The summed E-state index contributed by atoms with van der Waals surface area (Å²) in [5.41, 5.74) is 3.76. The minimum Gasteiger partial charge on any atom is -0.328 e. The Labute approximate surface area is 89.9 Å². The molecule has 1 aromatic heterocycles. The molecule has 1 aliphatic carbocycles. The number of aryl methyl sites for hydroxylation is 2. The van der Waals surface area contributed by atoms with Gasteiger partial charge in [0, 0.05) is 12.5 Å². The normalized spacial score (nSPS) is 16.1. The molecule has 1 fully saturated rings. The van der Waals surface area contributed by atoms with Gasteiger partial charge in [-0.1, -0.05) is 6.07 Å². The Bertz CT molecular complexity index is 506. The molecule has 3 rings (SSSR count). The summed E-state index contributed by atoms with van der Waals surface area (Å²) >= 11 is 0. The fourth-order valence-electron chi connectivity index (χ4n) is 2.24. The lowest BCUT2D eigenvalue weighted by Gasteiger charge is -2.03. The number of aromatic nitrogens is 2. The smallest absolute Gasteiger partial charge is 0.112 e. The third kappa shape index (κ3) is 1.36. The number of fused-ring (bicyclic) bond motifs is 1. The molecule has 2 nitrogen and oxygen atoms in total. The van der Waals surface area contributed by atoms with Gasteiger partial charge in [-0.2, -0.15) is 0 Å². The van der Waals surface area contributed by atoms with Crippen LogP contribution >= 0.6 is 0 Å². The molecule has 1 aromatic carbocycles. The number of imidazole rings is 1. The first-order chi connectivity index (χ1) is 7.29. The minimum absolute atomic E-state index is 0.734. The van der Waals surface area contributed by atoms with E-state index in [0.29, 0.717) is 0 Å². The SMILES string of the molecule is CCn1c(C2CC2)nc2cc(C)ccc21. The summed E-state index contributed by atoms with van der Waals surface area (Å²) in [6.45, 7) is 5.36. The molecule has 0 amide bonds. The van der Waals surface area contributed by atoms with Crippen LogP contribution in [0, 0.1) is 6.92 Å². The summed E-state index contributed by atoms with van der Waals surface area (Å²) in [5, 5.41) is 0. The Morgan fingerprint density at radius 2 is 2.20 bits per heavy atom. The zero-order valence-electron chi connectivity index (χ0n) is 9.33. The van der Waals surface area contributed by atoms with Crippen LogP contribution in [0.1, 0.15) is 37.1 Å². The molecule has 2 aromatic rings. The number of hydrogen-bond acceptors (Lipinski definition) is 1. The summed E-state index contributed by atoms with van der Waals surface area (Å²) in [4.78, 5) is 4.77. The fraction of sp³-hybridized carbons (Fsp3) is 0.462. The average molecular weight is 200 g/mol. The second-order valence-electron chi connectivity index (χ2n) is 4.48. The lowest BCUT2D eigenvalue weighted by molar-refractivity contribution is 0.720. The Hall–Kier alpha value is -1.31. The van der Waals surface area contributed by atoms with E-state index < -0.39 is 0 Å². The van der Waals surface area contributed by atoms with Crippen LogP contribution in [0.15, 0.2) is 18.2 Å². The first-order valence-electron chi connectivity index (χ1n) is 5.76. The van der Waals surface area contributed by atoms with Crippen LogP contribution in [0.4, 0.5) is 0 Å². The molecule has 0 unspecified atom stereocenters. The van der Waals surface area contributed by atoms with E-state index in [9.17, 15) is 0 Å². The molecule has 0 aliphatic heterocycles. The van der Waals surface area contributed by atoms with Crippen molar-refractivity contribution in [2.24, 2.45) is 0 Å². The molecule has 0 N–H and O–H groups in total. The van der Waals surface area contributed by atoms with Crippen molar-refractivity contribution in [3.05, 3.63) is 29.6 Å². The van der Waals surface area contributed by atoms with E-state index in [4.69, 9.17) is 4.98 Å². The van der Waals surface area contributed by atoms with Crippen LogP contribution in [-0.2, 0) is 6.54 Å². The molecule has 0 radical (unpaired) electrons. The van der Waals surface area contributed by atoms with Gasteiger partial charge < -0.3 is 4.57 Å². The van der Waals surface area contributed by atoms with E-state index in [1.54, 1.807) is 0 Å². The Kier molecular flexibility index (Phi) is 1.84. The van der Waals surface area contributed by atoms with Crippen LogP contribution in [0.2, 0.25) is 0 Å². The molecule has 15 heavy (non-hydrogen) atoms. The van der Waals surface area contributed by atoms with Gasteiger partial charge in [0.25, 0.3) is 0 Å². The van der Waals surface area contributed by atoms with Crippen molar-refractivity contribution < 1.29 is 0 Å². The lowest BCUT2D eigenvalue weighted by atomic mass is 10.2. The van der Waals surface area contributed by atoms with Crippen molar-refractivity contribution in [2.75, 3.05) is 0 Å². The largest absolute Gasteiger partial charge is 0.328 e. The van der Waals surface area contributed by atoms with E-state index in [0.717, 1.165) is 12.5 Å². The van der Waals surface area contributed by atoms with Crippen molar-refractivity contribution in [3.8, 4) is 0 Å². The maximum atomic E-state index is 4.77. The predicted molar refractivity (Wildman–Crippen MR) is 62.1 cm³/mol. The number of nitrogens with zero attached hydrogens (tertiary/aromatic N) is 2. The topological polar surface area (TPSA) is 17.8 Å². The van der Waals surface area contributed by atoms with Gasteiger partial charge in [0.15, 0.2) is 0 Å². The highest BCUT2D eigenvalue weighted by Gasteiger charge is 2.28. The first-order valence-corrected chi connectivity index (χ1v) is 5.76. The Morgan fingerprint density at radius 3 is 2.87 bits per heavy atom. The number of hydrogen-bond donors (Lipinski definition) is 0. The molecule has 0 spiro atoms. The van der Waals surface area contributed by atoms with E-state index in [2.05, 4.69) is 36.6 Å². The molecular weight excluding hydrogens is 184 g/mol.